The topological polar surface area (TPSA) is 68.0 Å². The molecule has 0 radical (unpaired) electrons. The molecule has 3 N–H and O–H groups in total. The van der Waals surface area contributed by atoms with Crippen molar-refractivity contribution in [2.24, 2.45) is 0 Å². The number of carbonyl (C=O) groups is 1. The van der Waals surface area contributed by atoms with E-state index in [0.717, 1.165) is 17.4 Å². The third kappa shape index (κ3) is 3.27. The molecule has 0 aliphatic carbocycles. The molecule has 0 spiro atoms. The van der Waals surface area contributed by atoms with E-state index in [9.17, 15) is 18.0 Å². The van der Waals surface area contributed by atoms with Crippen LogP contribution in [0.25, 0.3) is 0 Å². The van der Waals surface area contributed by atoms with Crippen molar-refractivity contribution in [3.8, 4) is 0 Å². The number of amides is 1. The Morgan fingerprint density at radius 1 is 1.35 bits per heavy atom. The Bertz CT molecular complexity index is 624. The van der Waals surface area contributed by atoms with Gasteiger partial charge in [0.1, 0.15) is 4.88 Å². The fourth-order valence-electron chi connectivity index (χ4n) is 1.61. The number of nitrogens with zero attached hydrogens (tertiary/aromatic N) is 1. The Labute approximate surface area is 116 Å². The maximum Gasteiger partial charge on any atom is 0.416 e. The summed E-state index contributed by atoms with van der Waals surface area (Å²) in [6, 6.07) is 5.09. The number of halogens is 3. The van der Waals surface area contributed by atoms with Crippen LogP contribution in [-0.2, 0) is 12.7 Å². The van der Waals surface area contributed by atoms with Gasteiger partial charge >= 0.3 is 6.18 Å². The molecule has 0 aliphatic heterocycles. The summed E-state index contributed by atoms with van der Waals surface area (Å²) in [7, 11) is 0. The highest BCUT2D eigenvalue weighted by atomic mass is 32.1. The number of anilines is 1. The van der Waals surface area contributed by atoms with Crippen molar-refractivity contribution in [1.82, 2.24) is 10.3 Å². The average molecular weight is 301 g/mol. The van der Waals surface area contributed by atoms with Gasteiger partial charge in [0, 0.05) is 6.54 Å². The lowest BCUT2D eigenvalue weighted by atomic mass is 10.1. The number of aromatic nitrogens is 1. The van der Waals surface area contributed by atoms with Crippen LogP contribution in [0.4, 0.5) is 18.3 Å². The molecule has 0 bridgehead atoms. The van der Waals surface area contributed by atoms with Crippen LogP contribution in [-0.4, -0.2) is 10.9 Å². The summed E-state index contributed by atoms with van der Waals surface area (Å²) in [5.74, 6) is -0.504. The lowest BCUT2D eigenvalue weighted by molar-refractivity contribution is -0.138. The van der Waals surface area contributed by atoms with Gasteiger partial charge < -0.3 is 11.1 Å². The summed E-state index contributed by atoms with van der Waals surface area (Å²) >= 11 is 0.973. The van der Waals surface area contributed by atoms with Gasteiger partial charge in [-0.1, -0.05) is 29.5 Å². The van der Waals surface area contributed by atoms with Crippen LogP contribution >= 0.6 is 11.3 Å². The molecule has 4 nitrogen and oxygen atoms in total. The molecule has 0 atom stereocenters. The molecule has 0 aliphatic rings. The van der Waals surface area contributed by atoms with Crippen molar-refractivity contribution in [2.75, 3.05) is 5.73 Å². The van der Waals surface area contributed by atoms with E-state index in [-0.39, 0.29) is 22.1 Å². The first-order valence-electron chi connectivity index (χ1n) is 5.52. The predicted molar refractivity (Wildman–Crippen MR) is 69.1 cm³/mol. The summed E-state index contributed by atoms with van der Waals surface area (Å²) in [5, 5.41) is 2.64. The molecule has 0 unspecified atom stereocenters. The number of nitrogens with one attached hydrogen (secondary N) is 1. The molecular formula is C12H10F3N3OS. The summed E-state index contributed by atoms with van der Waals surface area (Å²) in [5.41, 5.74) is 4.63. The van der Waals surface area contributed by atoms with E-state index in [0.29, 0.717) is 0 Å². The largest absolute Gasteiger partial charge is 0.416 e. The van der Waals surface area contributed by atoms with Crippen LogP contribution in [0, 0.1) is 0 Å². The van der Waals surface area contributed by atoms with E-state index < -0.39 is 17.6 Å². The Hall–Kier alpha value is -2.09. The Morgan fingerprint density at radius 3 is 2.65 bits per heavy atom. The normalized spacial score (nSPS) is 11.3. The van der Waals surface area contributed by atoms with Crippen molar-refractivity contribution in [2.45, 2.75) is 12.7 Å². The first-order valence-corrected chi connectivity index (χ1v) is 6.34. The van der Waals surface area contributed by atoms with Gasteiger partial charge in [0.05, 0.1) is 11.8 Å². The van der Waals surface area contributed by atoms with Crippen LogP contribution in [0.15, 0.2) is 30.5 Å². The van der Waals surface area contributed by atoms with Crippen LogP contribution in [0.5, 0.6) is 0 Å². The highest BCUT2D eigenvalue weighted by Gasteiger charge is 2.32. The molecule has 2 rings (SSSR count). The lowest BCUT2D eigenvalue weighted by Gasteiger charge is -2.12. The number of alkyl halides is 3. The van der Waals surface area contributed by atoms with Gasteiger partial charge in [0.25, 0.3) is 5.91 Å². The Morgan fingerprint density at radius 2 is 2.05 bits per heavy atom. The molecule has 1 aromatic carbocycles. The zero-order chi connectivity index (χ0) is 14.8. The van der Waals surface area contributed by atoms with Gasteiger partial charge in [0.2, 0.25) is 0 Å². The zero-order valence-corrected chi connectivity index (χ0v) is 10.9. The summed E-state index contributed by atoms with van der Waals surface area (Å²) in [6.07, 6.45) is -3.17. The highest BCUT2D eigenvalue weighted by molar-refractivity contribution is 7.17. The average Bonchev–Trinajstić information content (AvgIpc) is 2.82. The third-order valence-corrected chi connectivity index (χ3v) is 3.33. The van der Waals surface area contributed by atoms with Gasteiger partial charge in [-0.15, -0.1) is 0 Å². The molecular weight excluding hydrogens is 291 g/mol. The van der Waals surface area contributed by atoms with Crippen LogP contribution in [0.2, 0.25) is 0 Å². The quantitative estimate of drug-likeness (QED) is 0.916. The van der Waals surface area contributed by atoms with Gasteiger partial charge in [0.15, 0.2) is 5.13 Å². The molecule has 1 aromatic heterocycles. The van der Waals surface area contributed by atoms with Crippen LogP contribution in [0.1, 0.15) is 20.8 Å². The Kier molecular flexibility index (Phi) is 3.93. The minimum atomic E-state index is -4.45. The molecule has 1 amide bonds. The molecule has 20 heavy (non-hydrogen) atoms. The van der Waals surface area contributed by atoms with Gasteiger partial charge in [-0.3, -0.25) is 4.79 Å². The maximum absolute atomic E-state index is 12.8. The smallest absolute Gasteiger partial charge is 0.375 e. The number of nitrogens with two attached hydrogens (primary N) is 1. The van der Waals surface area contributed by atoms with Crippen molar-refractivity contribution in [1.29, 1.82) is 0 Å². The third-order valence-electron chi connectivity index (χ3n) is 2.51. The van der Waals surface area contributed by atoms with Crippen molar-refractivity contribution >= 4 is 22.4 Å². The van der Waals surface area contributed by atoms with E-state index in [4.69, 9.17) is 5.73 Å². The van der Waals surface area contributed by atoms with Gasteiger partial charge in [-0.05, 0) is 11.6 Å². The molecule has 1 heterocycles. The number of hydrogen-bond donors (Lipinski definition) is 2. The highest BCUT2D eigenvalue weighted by Crippen LogP contribution is 2.31. The minimum Gasteiger partial charge on any atom is -0.375 e. The monoisotopic (exact) mass is 301 g/mol. The second-order valence-electron chi connectivity index (χ2n) is 3.90. The van der Waals surface area contributed by atoms with Crippen molar-refractivity contribution in [3.63, 3.8) is 0 Å². The van der Waals surface area contributed by atoms with Crippen LogP contribution in [0.3, 0.4) is 0 Å². The molecule has 0 saturated heterocycles. The second-order valence-corrected chi connectivity index (χ2v) is 4.96. The number of nitrogen functional groups attached to an aromatic ring is 1. The number of thiazole rings is 1. The fraction of sp³-hybridized carbons (Fsp3) is 0.167. The van der Waals surface area contributed by atoms with Crippen molar-refractivity contribution < 1.29 is 18.0 Å². The minimum absolute atomic E-state index is 0.00540. The number of hydrogen-bond acceptors (Lipinski definition) is 4. The first-order chi connectivity index (χ1) is 9.38. The fourth-order valence-corrected chi connectivity index (χ4v) is 2.21. The molecule has 8 heteroatoms. The number of rotatable bonds is 3. The first kappa shape index (κ1) is 14.3. The standard InChI is InChI=1S/C12H10F3N3OS/c13-12(14,15)8-4-2-1-3-7(8)5-17-10(19)9-6-18-11(16)20-9/h1-4,6H,5H2,(H2,16,18)(H,17,19). The SMILES string of the molecule is Nc1ncc(C(=O)NCc2ccccc2C(F)(F)F)s1. The summed E-state index contributed by atoms with van der Waals surface area (Å²) in [6.45, 7) is -0.216. The molecule has 0 fully saturated rings. The maximum atomic E-state index is 12.8. The van der Waals surface area contributed by atoms with E-state index in [1.165, 1.54) is 24.4 Å². The van der Waals surface area contributed by atoms with E-state index in [1.807, 2.05) is 0 Å². The van der Waals surface area contributed by atoms with Gasteiger partial charge in [-0.2, -0.15) is 13.2 Å². The zero-order valence-electron chi connectivity index (χ0n) is 10.1. The summed E-state index contributed by atoms with van der Waals surface area (Å²) < 4.78 is 38.3. The lowest BCUT2D eigenvalue weighted by Crippen LogP contribution is -2.23. The van der Waals surface area contributed by atoms with Crippen LogP contribution < -0.4 is 11.1 Å². The predicted octanol–water partition coefficient (Wildman–Crippen LogP) is 2.67. The van der Waals surface area contributed by atoms with E-state index in [1.54, 1.807) is 0 Å². The van der Waals surface area contributed by atoms with Gasteiger partial charge in [-0.25, -0.2) is 4.98 Å². The summed E-state index contributed by atoms with van der Waals surface area (Å²) in [4.78, 5) is 15.7. The van der Waals surface area contributed by atoms with E-state index >= 15 is 0 Å². The van der Waals surface area contributed by atoms with Crippen molar-refractivity contribution in [3.05, 3.63) is 46.5 Å². The molecule has 0 saturated carbocycles. The second kappa shape index (κ2) is 5.49. The number of benzene rings is 1. The molecule has 106 valence electrons. The Balaban J connectivity index is 2.10. The molecule has 2 aromatic rings. The van der Waals surface area contributed by atoms with E-state index in [2.05, 4.69) is 10.3 Å². The number of carbonyl (C=O) groups excluding carboxylic acids is 1.